The summed E-state index contributed by atoms with van der Waals surface area (Å²) in [6.45, 7) is 55.3. The summed E-state index contributed by atoms with van der Waals surface area (Å²) in [7, 11) is -22.9. The van der Waals surface area contributed by atoms with Crippen molar-refractivity contribution in [1.82, 2.24) is 0 Å². The third-order valence-corrected chi connectivity index (χ3v) is 50.5. The van der Waals surface area contributed by atoms with Crippen molar-refractivity contribution in [3.63, 3.8) is 0 Å². The van der Waals surface area contributed by atoms with Gasteiger partial charge in [0.05, 0.1) is 0 Å². The third-order valence-electron chi connectivity index (χ3n) is 8.02. The highest BCUT2D eigenvalue weighted by atomic mass is 28.5. The Morgan fingerprint density at radius 2 is 0.500 bits per heavy atom. The van der Waals surface area contributed by atoms with E-state index in [1.807, 2.05) is 0 Å². The lowest BCUT2D eigenvalue weighted by molar-refractivity contribution is 0.272. The van der Waals surface area contributed by atoms with Crippen LogP contribution in [0, 0.1) is 0 Å². The molecule has 0 aromatic heterocycles. The van der Waals surface area contributed by atoms with Crippen molar-refractivity contribution in [2.45, 2.75) is 193 Å². The Morgan fingerprint density at radius 3 is 0.700 bits per heavy atom. The van der Waals surface area contributed by atoms with Crippen LogP contribution >= 0.6 is 0 Å². The molecule has 0 radical (unpaired) electrons. The molecule has 0 fully saturated rings. The summed E-state index contributed by atoms with van der Waals surface area (Å²) in [4.78, 5) is 0. The van der Waals surface area contributed by atoms with E-state index in [9.17, 15) is 0 Å². The molecule has 302 valence electrons. The lowest BCUT2D eigenvalue weighted by atomic mass is 10.9. The fourth-order valence-electron chi connectivity index (χ4n) is 7.08. The summed E-state index contributed by atoms with van der Waals surface area (Å²) in [6, 6.07) is 6.60. The van der Waals surface area contributed by atoms with Gasteiger partial charge in [0.2, 0.25) is 0 Å². The molecule has 0 atom stereocenters. The molecular weight excluding hydrogens is 825 g/mol. The van der Waals surface area contributed by atoms with E-state index < -0.39 is 102 Å². The summed E-state index contributed by atoms with van der Waals surface area (Å²) < 4.78 is 54.5. The molecule has 0 amide bonds. The van der Waals surface area contributed by atoms with Crippen molar-refractivity contribution < 1.29 is 32.9 Å². The molecule has 0 aromatic rings. The highest BCUT2D eigenvalue weighted by Gasteiger charge is 2.46. The Bertz CT molecular complexity index is 1020. The van der Waals surface area contributed by atoms with Gasteiger partial charge in [0.15, 0.2) is 76.3 Å². The van der Waals surface area contributed by atoms with Crippen LogP contribution in [-0.4, -0.2) is 102 Å². The number of hydrogen-bond donors (Lipinski definition) is 0. The average molecular weight is 912 g/mol. The Morgan fingerprint density at radius 1 is 0.300 bits per heavy atom. The molecule has 50 heavy (non-hydrogen) atoms. The molecule has 0 spiro atoms. The van der Waals surface area contributed by atoms with E-state index >= 15 is 0 Å². The van der Waals surface area contributed by atoms with Gasteiger partial charge in [0.1, 0.15) is 0 Å². The lowest BCUT2D eigenvalue weighted by Gasteiger charge is -2.42. The number of hydrogen-bond acceptors (Lipinski definition) is 8. The second kappa shape index (κ2) is 19.2. The molecule has 0 bridgehead atoms. The summed E-state index contributed by atoms with van der Waals surface area (Å²) in [6.07, 6.45) is 0. The molecule has 0 aliphatic rings. The first-order valence-electron chi connectivity index (χ1n) is 19.3. The van der Waals surface area contributed by atoms with E-state index in [1.54, 1.807) is 0 Å². The molecule has 20 heteroatoms. The topological polar surface area (TPSA) is 73.8 Å². The summed E-state index contributed by atoms with van der Waals surface area (Å²) in [5, 5.41) is 0. The van der Waals surface area contributed by atoms with Gasteiger partial charge in [-0.15, -0.1) is 0 Å². The highest BCUT2D eigenvalue weighted by Crippen LogP contribution is 2.33. The normalized spacial score (nSPS) is 15.5. The van der Waals surface area contributed by atoms with Gasteiger partial charge in [-0.1, -0.05) is 0 Å². The Hall–Kier alpha value is 2.28. The molecule has 0 rings (SSSR count). The molecule has 0 saturated carbocycles. The van der Waals surface area contributed by atoms with E-state index in [1.165, 1.54) is 0 Å². The predicted molar refractivity (Wildman–Crippen MR) is 250 cm³/mol. The van der Waals surface area contributed by atoms with E-state index in [4.69, 9.17) is 32.9 Å². The standard InChI is InChI=1S/C30H86O8Si12/c1-39(2)31-50(24,32-40(3)4)38-47(18,19)30-29-46(16,17)37-49(22,23)36-45(14,15)28-27-44(12,13)35-48(20,21)34-43(10,11)26-25-42(8,9)33-41(5,6)7/h39-40H,25-30H2,1-24H3. The zero-order chi connectivity index (χ0) is 40.1. The Kier molecular flexibility index (Phi) is 20.0. The van der Waals surface area contributed by atoms with Crippen LogP contribution in [0.15, 0.2) is 0 Å². The van der Waals surface area contributed by atoms with Crippen LogP contribution in [0.1, 0.15) is 0 Å². The van der Waals surface area contributed by atoms with E-state index in [2.05, 4.69) is 157 Å². The number of rotatable bonds is 25. The van der Waals surface area contributed by atoms with Gasteiger partial charge in [-0.2, -0.15) is 0 Å². The van der Waals surface area contributed by atoms with Crippen molar-refractivity contribution in [2.24, 2.45) is 0 Å². The largest absolute Gasteiger partial charge is 0.465 e. The first-order chi connectivity index (χ1) is 21.7. The quantitative estimate of drug-likeness (QED) is 0.0839. The first kappa shape index (κ1) is 52.3. The van der Waals surface area contributed by atoms with Gasteiger partial charge in [-0.05, 0) is 187 Å². The minimum atomic E-state index is -2.62. The third kappa shape index (κ3) is 25.4. The smallest absolute Gasteiger partial charge is 0.456 e. The van der Waals surface area contributed by atoms with Gasteiger partial charge in [-0.3, -0.25) is 0 Å². The fourth-order valence-corrected chi connectivity index (χ4v) is 65.8. The molecule has 0 unspecified atom stereocenters. The summed E-state index contributed by atoms with van der Waals surface area (Å²) in [5.74, 6) is 0. The summed E-state index contributed by atoms with van der Waals surface area (Å²) in [5.41, 5.74) is 0. The van der Waals surface area contributed by atoms with Crippen LogP contribution in [0.4, 0.5) is 0 Å². The van der Waals surface area contributed by atoms with Crippen molar-refractivity contribution in [2.75, 3.05) is 0 Å². The van der Waals surface area contributed by atoms with Gasteiger partial charge >= 0.3 is 25.9 Å². The fraction of sp³-hybridized carbons (Fsp3) is 1.00. The summed E-state index contributed by atoms with van der Waals surface area (Å²) >= 11 is 0. The van der Waals surface area contributed by atoms with Crippen molar-refractivity contribution in [1.29, 1.82) is 0 Å². The molecule has 0 saturated heterocycles. The van der Waals surface area contributed by atoms with Gasteiger partial charge < -0.3 is 32.9 Å². The highest BCUT2D eigenvalue weighted by molar-refractivity contribution is 6.92. The van der Waals surface area contributed by atoms with Crippen LogP contribution in [0.2, 0.25) is 193 Å². The van der Waals surface area contributed by atoms with Crippen LogP contribution < -0.4 is 0 Å². The molecule has 0 aliphatic carbocycles. The van der Waals surface area contributed by atoms with E-state index in [-0.39, 0.29) is 0 Å². The molecule has 0 heterocycles. The van der Waals surface area contributed by atoms with Crippen LogP contribution in [0.25, 0.3) is 0 Å². The monoisotopic (exact) mass is 910 g/mol. The molecular formula is C30H86O8Si12. The van der Waals surface area contributed by atoms with Crippen LogP contribution in [-0.2, 0) is 32.9 Å². The SMILES string of the molecule is C[SiH](C)O[Si](C)(O[SiH](C)C)O[Si](C)(C)CC[Si](C)(C)O[Si](C)(C)O[Si](C)(C)CC[Si](C)(C)O[Si](C)(C)O[Si](C)(C)CC[Si](C)(C)O[Si](C)(C)C. The maximum absolute atomic E-state index is 7.06. The predicted octanol–water partition coefficient (Wildman–Crippen LogP) is 11.1. The van der Waals surface area contributed by atoms with Crippen molar-refractivity contribution >= 4 is 102 Å². The first-order valence-corrected chi connectivity index (χ1v) is 54.8. The average Bonchev–Trinajstić information content (AvgIpc) is 2.74. The maximum atomic E-state index is 7.06. The van der Waals surface area contributed by atoms with Crippen molar-refractivity contribution in [3.8, 4) is 0 Å². The van der Waals surface area contributed by atoms with Gasteiger partial charge in [0.25, 0.3) is 0 Å². The Balaban J connectivity index is 5.29. The van der Waals surface area contributed by atoms with Gasteiger partial charge in [0, 0.05) is 6.55 Å². The van der Waals surface area contributed by atoms with Crippen molar-refractivity contribution in [3.05, 3.63) is 0 Å². The molecule has 0 aromatic carbocycles. The van der Waals surface area contributed by atoms with E-state index in [0.29, 0.717) is 0 Å². The van der Waals surface area contributed by atoms with Crippen LogP contribution in [0.5, 0.6) is 0 Å². The van der Waals surface area contributed by atoms with Gasteiger partial charge in [-0.25, -0.2) is 0 Å². The second-order valence-electron chi connectivity index (χ2n) is 20.8. The lowest BCUT2D eigenvalue weighted by Crippen LogP contribution is -2.56. The zero-order valence-corrected chi connectivity index (χ0v) is 50.0. The second-order valence-corrected chi connectivity index (χ2v) is 67.4. The molecule has 0 aliphatic heterocycles. The minimum Gasteiger partial charge on any atom is -0.456 e. The zero-order valence-electron chi connectivity index (χ0n) is 37.7. The van der Waals surface area contributed by atoms with E-state index in [0.717, 1.165) is 36.3 Å². The molecule has 8 nitrogen and oxygen atoms in total. The minimum absolute atomic E-state index is 1.05. The maximum Gasteiger partial charge on any atom is 0.465 e. The Labute approximate surface area is 326 Å². The van der Waals surface area contributed by atoms with Crippen LogP contribution in [0.3, 0.4) is 0 Å². The molecule has 0 N–H and O–H groups in total.